The standard InChI is InChI=1S/C27H31ClN10O/c1-35-9-11-37(12-10-35)23-5-3-21(4-6-23)33-27-30-16-24(28)25(34-27)38-8-7-22(18-38)32-26(39)20(14-29)13-19-15-31-36(2)17-19/h3-6,13,15-17,22H,7-12,18H2,1-2H3,(H,32,39)(H,30,33,34)/b20-13+/t22-/m1/s1. The Kier molecular flexibility index (Phi) is 7.95. The maximum absolute atomic E-state index is 12.7. The Balaban J connectivity index is 1.20. The highest BCUT2D eigenvalue weighted by atomic mass is 35.5. The summed E-state index contributed by atoms with van der Waals surface area (Å²) in [5, 5.41) is 20.2. The number of piperazine rings is 1. The first kappa shape index (κ1) is 26.5. The number of amides is 1. The van der Waals surface area contributed by atoms with Crippen LogP contribution in [0.4, 0.5) is 23.1 Å². The van der Waals surface area contributed by atoms with Gasteiger partial charge in [-0.3, -0.25) is 9.48 Å². The van der Waals surface area contributed by atoms with E-state index in [1.807, 2.05) is 23.1 Å². The SMILES string of the molecule is CN1CCN(c2ccc(Nc3ncc(Cl)c(N4CC[C@@H](NC(=O)/C(C#N)=C/c5cnn(C)c5)C4)n3)cc2)CC1. The maximum atomic E-state index is 12.7. The van der Waals surface area contributed by atoms with E-state index in [4.69, 9.17) is 11.6 Å². The van der Waals surface area contributed by atoms with E-state index in [0.29, 0.717) is 41.9 Å². The molecule has 1 atom stereocenters. The van der Waals surface area contributed by atoms with Crippen LogP contribution in [-0.2, 0) is 11.8 Å². The third kappa shape index (κ3) is 6.47. The molecule has 1 aromatic carbocycles. The molecule has 2 aliphatic rings. The van der Waals surface area contributed by atoms with Crippen molar-refractivity contribution >= 4 is 46.7 Å². The molecule has 3 aromatic rings. The Morgan fingerprint density at radius 2 is 1.87 bits per heavy atom. The number of aromatic nitrogens is 4. The molecule has 0 spiro atoms. The number of nitrogens with one attached hydrogen (secondary N) is 2. The van der Waals surface area contributed by atoms with Crippen molar-refractivity contribution < 1.29 is 4.79 Å². The average Bonchev–Trinajstić information content (AvgIpc) is 3.57. The van der Waals surface area contributed by atoms with Crippen molar-refractivity contribution in [2.75, 3.05) is 61.4 Å². The fraction of sp³-hybridized carbons (Fsp3) is 0.370. The molecule has 0 saturated carbocycles. The summed E-state index contributed by atoms with van der Waals surface area (Å²) in [6.45, 7) is 5.34. The highest BCUT2D eigenvalue weighted by molar-refractivity contribution is 6.32. The largest absolute Gasteiger partial charge is 0.369 e. The van der Waals surface area contributed by atoms with Gasteiger partial charge in [-0.2, -0.15) is 15.3 Å². The molecular formula is C27H31ClN10O. The number of hydrogen-bond donors (Lipinski definition) is 2. The van der Waals surface area contributed by atoms with Crippen molar-refractivity contribution in [3.05, 3.63) is 59.0 Å². The van der Waals surface area contributed by atoms with E-state index in [0.717, 1.165) is 31.9 Å². The van der Waals surface area contributed by atoms with E-state index in [-0.39, 0.29) is 11.6 Å². The van der Waals surface area contributed by atoms with Gasteiger partial charge in [-0.1, -0.05) is 11.6 Å². The molecular weight excluding hydrogens is 516 g/mol. The summed E-state index contributed by atoms with van der Waals surface area (Å²) in [6, 6.07) is 10.1. The summed E-state index contributed by atoms with van der Waals surface area (Å²) in [4.78, 5) is 28.5. The van der Waals surface area contributed by atoms with Gasteiger partial charge in [0.25, 0.3) is 5.91 Å². The summed E-state index contributed by atoms with van der Waals surface area (Å²) >= 11 is 6.46. The van der Waals surface area contributed by atoms with Crippen LogP contribution in [0.25, 0.3) is 6.08 Å². The highest BCUT2D eigenvalue weighted by Gasteiger charge is 2.27. The molecule has 2 N–H and O–H groups in total. The second-order valence-corrected chi connectivity index (χ2v) is 10.3. The van der Waals surface area contributed by atoms with Gasteiger partial charge in [0, 0.05) is 75.5 Å². The molecule has 2 fully saturated rings. The lowest BCUT2D eigenvalue weighted by Crippen LogP contribution is -2.44. The third-order valence-corrected chi connectivity index (χ3v) is 7.21. The smallest absolute Gasteiger partial charge is 0.262 e. The lowest BCUT2D eigenvalue weighted by atomic mass is 10.1. The molecule has 2 saturated heterocycles. The quantitative estimate of drug-likeness (QED) is 0.340. The van der Waals surface area contributed by atoms with Gasteiger partial charge in [-0.15, -0.1) is 0 Å². The number of nitrogens with zero attached hydrogens (tertiary/aromatic N) is 8. The number of rotatable bonds is 7. The van der Waals surface area contributed by atoms with Crippen LogP contribution in [-0.4, -0.2) is 82.9 Å². The number of aryl methyl sites for hydroxylation is 1. The van der Waals surface area contributed by atoms with Crippen molar-refractivity contribution in [2.24, 2.45) is 7.05 Å². The van der Waals surface area contributed by atoms with E-state index < -0.39 is 5.91 Å². The van der Waals surface area contributed by atoms with Crippen LogP contribution in [0.15, 0.2) is 48.4 Å². The summed E-state index contributed by atoms with van der Waals surface area (Å²) in [5.74, 6) is 0.635. The van der Waals surface area contributed by atoms with Crippen LogP contribution in [0.3, 0.4) is 0 Å². The van der Waals surface area contributed by atoms with Crippen molar-refractivity contribution in [3.63, 3.8) is 0 Å². The molecule has 39 heavy (non-hydrogen) atoms. The molecule has 202 valence electrons. The number of halogens is 1. The van der Waals surface area contributed by atoms with Gasteiger partial charge >= 0.3 is 0 Å². The van der Waals surface area contributed by atoms with Gasteiger partial charge in [-0.05, 0) is 43.8 Å². The summed E-state index contributed by atoms with van der Waals surface area (Å²) in [6.07, 6.45) is 7.17. The lowest BCUT2D eigenvalue weighted by Gasteiger charge is -2.34. The second-order valence-electron chi connectivity index (χ2n) is 9.85. The Labute approximate surface area is 232 Å². The first-order valence-corrected chi connectivity index (χ1v) is 13.2. The minimum atomic E-state index is -0.413. The van der Waals surface area contributed by atoms with E-state index in [1.54, 1.807) is 30.3 Å². The highest BCUT2D eigenvalue weighted by Crippen LogP contribution is 2.28. The Morgan fingerprint density at radius 1 is 1.10 bits per heavy atom. The summed E-state index contributed by atoms with van der Waals surface area (Å²) in [7, 11) is 3.93. The van der Waals surface area contributed by atoms with Crippen LogP contribution in [0.1, 0.15) is 12.0 Å². The van der Waals surface area contributed by atoms with Crippen LogP contribution in [0, 0.1) is 11.3 Å². The fourth-order valence-electron chi connectivity index (χ4n) is 4.75. The number of likely N-dealkylation sites (N-methyl/N-ethyl adjacent to an activating group) is 1. The van der Waals surface area contributed by atoms with Crippen molar-refractivity contribution in [2.45, 2.75) is 12.5 Å². The van der Waals surface area contributed by atoms with Crippen LogP contribution in [0.2, 0.25) is 5.02 Å². The third-order valence-electron chi connectivity index (χ3n) is 6.94. The number of hydrogen-bond acceptors (Lipinski definition) is 9. The van der Waals surface area contributed by atoms with Crippen molar-refractivity contribution in [1.82, 2.24) is 30.0 Å². The molecule has 0 aliphatic carbocycles. The molecule has 0 bridgehead atoms. The number of benzene rings is 1. The molecule has 2 aliphatic heterocycles. The molecule has 12 heteroatoms. The van der Waals surface area contributed by atoms with Crippen molar-refractivity contribution in [3.8, 4) is 6.07 Å². The lowest BCUT2D eigenvalue weighted by molar-refractivity contribution is -0.117. The summed E-state index contributed by atoms with van der Waals surface area (Å²) < 4.78 is 1.62. The zero-order valence-electron chi connectivity index (χ0n) is 22.0. The van der Waals surface area contributed by atoms with Gasteiger partial charge in [0.1, 0.15) is 16.7 Å². The fourth-order valence-corrected chi connectivity index (χ4v) is 4.96. The second kappa shape index (κ2) is 11.7. The first-order valence-electron chi connectivity index (χ1n) is 12.9. The van der Waals surface area contributed by atoms with E-state index in [9.17, 15) is 10.1 Å². The Bertz CT molecular complexity index is 1390. The molecule has 11 nitrogen and oxygen atoms in total. The summed E-state index contributed by atoms with van der Waals surface area (Å²) in [5.41, 5.74) is 2.81. The van der Waals surface area contributed by atoms with E-state index >= 15 is 0 Å². The van der Waals surface area contributed by atoms with Gasteiger partial charge in [0.05, 0.1) is 12.4 Å². The number of carbonyl (C=O) groups is 1. The molecule has 5 rings (SSSR count). The van der Waals surface area contributed by atoms with Gasteiger partial charge in [-0.25, -0.2) is 4.98 Å². The molecule has 0 unspecified atom stereocenters. The zero-order valence-corrected chi connectivity index (χ0v) is 22.8. The Morgan fingerprint density at radius 3 is 2.56 bits per heavy atom. The number of carbonyl (C=O) groups excluding carboxylic acids is 1. The predicted molar refractivity (Wildman–Crippen MR) is 152 cm³/mol. The molecule has 1 amide bonds. The van der Waals surface area contributed by atoms with E-state index in [2.05, 4.69) is 54.7 Å². The van der Waals surface area contributed by atoms with Gasteiger partial charge in [0.2, 0.25) is 5.95 Å². The normalized spacial score (nSPS) is 18.2. The van der Waals surface area contributed by atoms with Crippen LogP contribution in [0.5, 0.6) is 0 Å². The van der Waals surface area contributed by atoms with E-state index in [1.165, 1.54) is 11.8 Å². The van der Waals surface area contributed by atoms with Gasteiger partial charge in [0.15, 0.2) is 5.82 Å². The van der Waals surface area contributed by atoms with Gasteiger partial charge < -0.3 is 25.3 Å². The predicted octanol–water partition coefficient (Wildman–Crippen LogP) is 2.66. The van der Waals surface area contributed by atoms with Crippen molar-refractivity contribution in [1.29, 1.82) is 5.26 Å². The minimum Gasteiger partial charge on any atom is -0.369 e. The molecule has 4 heterocycles. The number of anilines is 4. The molecule has 2 aromatic heterocycles. The number of nitriles is 1. The monoisotopic (exact) mass is 546 g/mol. The topological polar surface area (TPSA) is 118 Å². The first-order chi connectivity index (χ1) is 18.9. The Hall–Kier alpha value is -4.14. The van der Waals surface area contributed by atoms with Crippen LogP contribution < -0.4 is 20.4 Å². The zero-order chi connectivity index (χ0) is 27.4. The maximum Gasteiger partial charge on any atom is 0.262 e. The molecule has 0 radical (unpaired) electrons. The minimum absolute atomic E-state index is 0.0339. The average molecular weight is 547 g/mol. The van der Waals surface area contributed by atoms with Crippen LogP contribution >= 0.6 is 11.6 Å².